The van der Waals surface area contributed by atoms with E-state index in [0.29, 0.717) is 11.1 Å². The van der Waals surface area contributed by atoms with Gasteiger partial charge in [0.15, 0.2) is 11.6 Å². The van der Waals surface area contributed by atoms with Crippen molar-refractivity contribution in [1.82, 2.24) is 4.57 Å². The largest absolute Gasteiger partial charge is 0.300 e. The van der Waals surface area contributed by atoms with Crippen molar-refractivity contribution >= 4 is 71.6 Å². The highest BCUT2D eigenvalue weighted by Crippen LogP contribution is 2.40. The number of ketones is 2. The Bertz CT molecular complexity index is 2110. The van der Waals surface area contributed by atoms with Gasteiger partial charge in [-0.2, -0.15) is 0 Å². The van der Waals surface area contributed by atoms with Crippen molar-refractivity contribution in [3.63, 3.8) is 0 Å². The minimum atomic E-state index is -0.198. The zero-order valence-electron chi connectivity index (χ0n) is 20.1. The maximum atomic E-state index is 13.4. The van der Waals surface area contributed by atoms with Crippen LogP contribution in [-0.4, -0.2) is 16.1 Å². The van der Waals surface area contributed by atoms with Gasteiger partial charge >= 0.3 is 0 Å². The molecule has 0 spiro atoms. The fourth-order valence-electron chi connectivity index (χ4n) is 5.76. The topological polar surface area (TPSA) is 39.1 Å². The molecule has 0 atom stereocenters. The highest BCUT2D eigenvalue weighted by Gasteiger charge is 2.33. The van der Waals surface area contributed by atoms with E-state index in [0.717, 1.165) is 42.5 Å². The van der Waals surface area contributed by atoms with Crippen LogP contribution >= 0.6 is 11.3 Å². The van der Waals surface area contributed by atoms with E-state index in [2.05, 4.69) is 77.4 Å². The Morgan fingerprint density at radius 2 is 1.18 bits per heavy atom. The maximum Gasteiger partial charge on any atom is 0.197 e. The molecule has 0 aliphatic heterocycles. The summed E-state index contributed by atoms with van der Waals surface area (Å²) in [4.78, 5) is 28.7. The minimum Gasteiger partial charge on any atom is -0.300 e. The summed E-state index contributed by atoms with van der Waals surface area (Å²) in [6.07, 6.45) is 1.78. The van der Waals surface area contributed by atoms with E-state index >= 15 is 0 Å². The molecular weight excluding hydrogens is 486 g/mol. The van der Waals surface area contributed by atoms with Crippen LogP contribution in [0, 0.1) is 0 Å². The molecule has 2 heterocycles. The normalized spacial score (nSPS) is 13.3. The average Bonchev–Trinajstić information content (AvgIpc) is 3.57. The summed E-state index contributed by atoms with van der Waals surface area (Å²) in [7, 11) is 0. The Morgan fingerprint density at radius 3 is 1.92 bits per heavy atom. The van der Waals surface area contributed by atoms with Crippen LogP contribution in [0.15, 0.2) is 115 Å². The summed E-state index contributed by atoms with van der Waals surface area (Å²) >= 11 is 1.61. The van der Waals surface area contributed by atoms with Gasteiger partial charge in [-0.3, -0.25) is 9.59 Å². The molecule has 1 aliphatic rings. The average molecular weight is 506 g/mol. The van der Waals surface area contributed by atoms with E-state index in [1.54, 1.807) is 17.4 Å². The van der Waals surface area contributed by atoms with E-state index in [1.165, 1.54) is 10.8 Å². The van der Waals surface area contributed by atoms with Crippen LogP contribution in [0.1, 0.15) is 25.6 Å². The molecule has 0 unspecified atom stereocenters. The third-order valence-electron chi connectivity index (χ3n) is 7.53. The molecule has 1 aliphatic carbocycles. The highest BCUT2D eigenvalue weighted by molar-refractivity contribution is 7.19. The first-order valence-electron chi connectivity index (χ1n) is 12.5. The molecule has 0 saturated carbocycles. The molecule has 0 N–H and O–H groups in total. The molecule has 0 radical (unpaired) electrons. The molecule has 3 nitrogen and oxygen atoms in total. The minimum absolute atomic E-state index is 0.198. The predicted octanol–water partition coefficient (Wildman–Crippen LogP) is 8.61. The second kappa shape index (κ2) is 7.85. The third-order valence-corrected chi connectivity index (χ3v) is 8.60. The summed E-state index contributed by atoms with van der Waals surface area (Å²) in [5.41, 5.74) is 3.47. The van der Waals surface area contributed by atoms with Crippen LogP contribution in [0.3, 0.4) is 0 Å². The molecular formula is C34H19NO2S. The molecule has 0 bridgehead atoms. The lowest BCUT2D eigenvalue weighted by Gasteiger charge is -2.10. The van der Waals surface area contributed by atoms with Crippen molar-refractivity contribution in [2.24, 2.45) is 0 Å². The van der Waals surface area contributed by atoms with Gasteiger partial charge in [-0.1, -0.05) is 78.9 Å². The molecule has 8 rings (SSSR count). The van der Waals surface area contributed by atoms with Gasteiger partial charge in [-0.05, 0) is 52.6 Å². The molecule has 178 valence electrons. The standard InChI is InChI=1S/C34H19NO2S/c36-32-26-16-21-9-1-2-10-22(21)17-27(26)33(37)29(32)19-23-18-28-25-13-5-6-14-31(25)35(34(28)38-23)30-15-7-11-20-8-3-4-12-24(20)30/h1-19H. The number of Topliss-reactive ketones (excluding diaryl/α,β-unsaturated/α-hetero) is 2. The highest BCUT2D eigenvalue weighted by atomic mass is 32.1. The second-order valence-corrected chi connectivity index (χ2v) is 10.7. The van der Waals surface area contributed by atoms with Crippen molar-refractivity contribution in [3.05, 3.63) is 131 Å². The van der Waals surface area contributed by atoms with Crippen molar-refractivity contribution in [2.45, 2.75) is 0 Å². The first-order valence-corrected chi connectivity index (χ1v) is 13.3. The van der Waals surface area contributed by atoms with E-state index in [9.17, 15) is 9.59 Å². The molecule has 38 heavy (non-hydrogen) atoms. The predicted molar refractivity (Wildman–Crippen MR) is 157 cm³/mol. The molecule has 0 saturated heterocycles. The molecule has 0 fully saturated rings. The van der Waals surface area contributed by atoms with E-state index in [1.807, 2.05) is 36.4 Å². The van der Waals surface area contributed by atoms with Crippen LogP contribution in [0.2, 0.25) is 0 Å². The Balaban J connectivity index is 1.33. The van der Waals surface area contributed by atoms with Crippen molar-refractivity contribution in [2.75, 3.05) is 0 Å². The van der Waals surface area contributed by atoms with Gasteiger partial charge in [0.1, 0.15) is 4.83 Å². The second-order valence-electron chi connectivity index (χ2n) is 9.68. The molecule has 0 amide bonds. The number of thiophene rings is 1. The monoisotopic (exact) mass is 505 g/mol. The van der Waals surface area contributed by atoms with E-state index in [4.69, 9.17) is 0 Å². The van der Waals surface area contributed by atoms with Gasteiger partial charge in [0.2, 0.25) is 0 Å². The lowest BCUT2D eigenvalue weighted by Crippen LogP contribution is -1.99. The molecule has 5 aromatic carbocycles. The molecule has 7 aromatic rings. The van der Waals surface area contributed by atoms with Crippen LogP contribution in [-0.2, 0) is 0 Å². The Kier molecular flexibility index (Phi) is 4.40. The number of carbonyl (C=O) groups excluding carboxylic acids is 2. The number of allylic oxidation sites excluding steroid dienone is 1. The van der Waals surface area contributed by atoms with Crippen LogP contribution in [0.4, 0.5) is 0 Å². The maximum absolute atomic E-state index is 13.4. The van der Waals surface area contributed by atoms with Gasteiger partial charge in [0, 0.05) is 32.2 Å². The van der Waals surface area contributed by atoms with Crippen molar-refractivity contribution in [1.29, 1.82) is 0 Å². The van der Waals surface area contributed by atoms with E-state index in [-0.39, 0.29) is 17.1 Å². The number of hydrogen-bond donors (Lipinski definition) is 0. The van der Waals surface area contributed by atoms with Crippen molar-refractivity contribution in [3.8, 4) is 5.69 Å². The third kappa shape index (κ3) is 2.95. The quantitative estimate of drug-likeness (QED) is 0.174. The molecule has 4 heteroatoms. The van der Waals surface area contributed by atoms with Crippen LogP contribution in [0.5, 0.6) is 0 Å². The van der Waals surface area contributed by atoms with Gasteiger partial charge in [0.05, 0.1) is 16.8 Å². The van der Waals surface area contributed by atoms with Crippen molar-refractivity contribution < 1.29 is 9.59 Å². The number of fused-ring (bicyclic) bond motifs is 6. The summed E-state index contributed by atoms with van der Waals surface area (Å²) in [5, 5.41) is 6.55. The molecule has 2 aromatic heterocycles. The summed E-state index contributed by atoms with van der Waals surface area (Å²) in [5.74, 6) is -0.397. The van der Waals surface area contributed by atoms with Gasteiger partial charge in [0.25, 0.3) is 0 Å². The number of aromatic nitrogens is 1. The van der Waals surface area contributed by atoms with E-state index < -0.39 is 0 Å². The number of benzene rings is 5. The van der Waals surface area contributed by atoms with Gasteiger partial charge in [-0.25, -0.2) is 0 Å². The number of rotatable bonds is 2. The number of carbonyl (C=O) groups is 2. The SMILES string of the molecule is O=C1C(=Cc2cc3c4ccccc4n(-c4cccc5ccccc45)c3s2)C(=O)c2cc3ccccc3cc21. The number of para-hydroxylation sites is 1. The van der Waals surface area contributed by atoms with Gasteiger partial charge in [-0.15, -0.1) is 11.3 Å². The first-order chi connectivity index (χ1) is 18.7. The zero-order chi connectivity index (χ0) is 25.4. The summed E-state index contributed by atoms with van der Waals surface area (Å²) in [6, 6.07) is 36.8. The number of hydrogen-bond acceptors (Lipinski definition) is 3. The van der Waals surface area contributed by atoms with Gasteiger partial charge < -0.3 is 4.57 Å². The smallest absolute Gasteiger partial charge is 0.197 e. The fourth-order valence-corrected chi connectivity index (χ4v) is 6.90. The number of nitrogens with zero attached hydrogens (tertiary/aromatic N) is 1. The first kappa shape index (κ1) is 21.3. The Labute approximate surface area is 221 Å². The summed E-state index contributed by atoms with van der Waals surface area (Å²) < 4.78 is 2.30. The Morgan fingerprint density at radius 1 is 0.579 bits per heavy atom. The fraction of sp³-hybridized carbons (Fsp3) is 0. The van der Waals surface area contributed by atoms with Crippen LogP contribution < -0.4 is 0 Å². The lowest BCUT2D eigenvalue weighted by molar-refractivity contribution is 0.0990. The Hall–Kier alpha value is -4.80. The van der Waals surface area contributed by atoms with Crippen LogP contribution in [0.25, 0.3) is 54.4 Å². The lowest BCUT2D eigenvalue weighted by atomic mass is 10.0. The summed E-state index contributed by atoms with van der Waals surface area (Å²) in [6.45, 7) is 0. The zero-order valence-corrected chi connectivity index (χ0v) is 21.0.